The Labute approximate surface area is 114 Å². The average Bonchev–Trinajstić information content (AvgIpc) is 2.36. The smallest absolute Gasteiger partial charge is 0.241 e. The SMILES string of the molecule is CCCC(=O)Nc1cccc(NCC(=O)N(C)C)c1. The predicted molar refractivity (Wildman–Crippen MR) is 77.2 cm³/mol. The Bertz CT molecular complexity index is 444. The van der Waals surface area contributed by atoms with Crippen LogP contribution in [0.2, 0.25) is 0 Å². The lowest BCUT2D eigenvalue weighted by molar-refractivity contribution is -0.126. The molecule has 104 valence electrons. The highest BCUT2D eigenvalue weighted by atomic mass is 16.2. The van der Waals surface area contributed by atoms with E-state index in [9.17, 15) is 9.59 Å². The molecule has 2 amide bonds. The Hall–Kier alpha value is -2.04. The third-order valence-electron chi connectivity index (χ3n) is 2.57. The lowest BCUT2D eigenvalue weighted by Gasteiger charge is -2.12. The first-order chi connectivity index (χ1) is 9.02. The quantitative estimate of drug-likeness (QED) is 0.824. The maximum Gasteiger partial charge on any atom is 0.241 e. The molecule has 5 heteroatoms. The standard InChI is InChI=1S/C14H21N3O2/c1-4-6-13(18)16-12-8-5-7-11(9-12)15-10-14(19)17(2)3/h5,7-9,15H,4,6,10H2,1-3H3,(H,16,18). The summed E-state index contributed by atoms with van der Waals surface area (Å²) in [7, 11) is 3.43. The molecule has 1 aromatic carbocycles. The van der Waals surface area contributed by atoms with Gasteiger partial charge in [-0.1, -0.05) is 13.0 Å². The molecule has 0 saturated carbocycles. The fourth-order valence-electron chi connectivity index (χ4n) is 1.49. The molecule has 0 aliphatic carbocycles. The van der Waals surface area contributed by atoms with E-state index in [1.165, 1.54) is 4.90 Å². The summed E-state index contributed by atoms with van der Waals surface area (Å²) in [6.07, 6.45) is 1.33. The number of nitrogens with one attached hydrogen (secondary N) is 2. The van der Waals surface area contributed by atoms with Crippen molar-refractivity contribution >= 4 is 23.2 Å². The van der Waals surface area contributed by atoms with Crippen molar-refractivity contribution < 1.29 is 9.59 Å². The van der Waals surface area contributed by atoms with E-state index in [2.05, 4.69) is 10.6 Å². The van der Waals surface area contributed by atoms with E-state index in [1.54, 1.807) is 14.1 Å². The second kappa shape index (κ2) is 7.41. The minimum Gasteiger partial charge on any atom is -0.376 e. The Morgan fingerprint density at radius 3 is 2.53 bits per heavy atom. The molecule has 19 heavy (non-hydrogen) atoms. The van der Waals surface area contributed by atoms with Crippen LogP contribution in [0.4, 0.5) is 11.4 Å². The van der Waals surface area contributed by atoms with Gasteiger partial charge >= 0.3 is 0 Å². The van der Waals surface area contributed by atoms with Gasteiger partial charge in [-0.3, -0.25) is 9.59 Å². The highest BCUT2D eigenvalue weighted by Gasteiger charge is 2.04. The molecule has 0 aromatic heterocycles. The van der Waals surface area contributed by atoms with Gasteiger partial charge in [0.25, 0.3) is 0 Å². The van der Waals surface area contributed by atoms with Gasteiger partial charge in [0.2, 0.25) is 11.8 Å². The molecule has 0 unspecified atom stereocenters. The van der Waals surface area contributed by atoms with Crippen molar-refractivity contribution in [1.82, 2.24) is 4.90 Å². The third kappa shape index (κ3) is 5.42. The summed E-state index contributed by atoms with van der Waals surface area (Å²) in [6.45, 7) is 2.20. The summed E-state index contributed by atoms with van der Waals surface area (Å²) in [5, 5.41) is 5.85. The molecule has 0 aliphatic heterocycles. The minimum absolute atomic E-state index is 0.000390. The van der Waals surface area contributed by atoms with Crippen LogP contribution in [0.3, 0.4) is 0 Å². The molecule has 0 bridgehead atoms. The Morgan fingerprint density at radius 1 is 1.21 bits per heavy atom. The topological polar surface area (TPSA) is 61.4 Å². The first-order valence-electron chi connectivity index (χ1n) is 6.37. The van der Waals surface area contributed by atoms with E-state index in [4.69, 9.17) is 0 Å². The summed E-state index contributed by atoms with van der Waals surface area (Å²) in [6, 6.07) is 7.34. The highest BCUT2D eigenvalue weighted by molar-refractivity contribution is 5.91. The van der Waals surface area contributed by atoms with Crippen LogP contribution in [0, 0.1) is 0 Å². The van der Waals surface area contributed by atoms with E-state index in [-0.39, 0.29) is 18.4 Å². The first kappa shape index (κ1) is 15.0. The summed E-state index contributed by atoms with van der Waals surface area (Å²) in [5.41, 5.74) is 1.55. The van der Waals surface area contributed by atoms with Crippen molar-refractivity contribution in [3.05, 3.63) is 24.3 Å². The van der Waals surface area contributed by atoms with Crippen LogP contribution in [0.5, 0.6) is 0 Å². The van der Waals surface area contributed by atoms with Crippen LogP contribution in [0.25, 0.3) is 0 Å². The second-order valence-electron chi connectivity index (χ2n) is 4.52. The van der Waals surface area contributed by atoms with Gasteiger partial charge in [-0.25, -0.2) is 0 Å². The molecule has 0 aliphatic rings. The van der Waals surface area contributed by atoms with Gasteiger partial charge in [0.05, 0.1) is 6.54 Å². The molecule has 1 rings (SSSR count). The lowest BCUT2D eigenvalue weighted by Crippen LogP contribution is -2.28. The number of benzene rings is 1. The number of anilines is 2. The predicted octanol–water partition coefficient (Wildman–Crippen LogP) is 1.93. The van der Waals surface area contributed by atoms with Crippen molar-refractivity contribution in [3.63, 3.8) is 0 Å². The van der Waals surface area contributed by atoms with Gasteiger partial charge in [-0.2, -0.15) is 0 Å². The number of rotatable bonds is 6. The van der Waals surface area contributed by atoms with Crippen molar-refractivity contribution in [2.75, 3.05) is 31.3 Å². The normalized spacial score (nSPS) is 9.84. The Morgan fingerprint density at radius 2 is 1.89 bits per heavy atom. The first-order valence-corrected chi connectivity index (χ1v) is 6.37. The number of carbonyl (C=O) groups is 2. The van der Waals surface area contributed by atoms with Crippen LogP contribution in [0.15, 0.2) is 24.3 Å². The minimum atomic E-state index is 0.000390. The van der Waals surface area contributed by atoms with Crippen LogP contribution >= 0.6 is 0 Å². The molecule has 0 atom stereocenters. The fourth-order valence-corrected chi connectivity index (χ4v) is 1.49. The fraction of sp³-hybridized carbons (Fsp3) is 0.429. The Kier molecular flexibility index (Phi) is 5.85. The molecule has 5 nitrogen and oxygen atoms in total. The van der Waals surface area contributed by atoms with E-state index < -0.39 is 0 Å². The number of amides is 2. The number of hydrogen-bond donors (Lipinski definition) is 2. The van der Waals surface area contributed by atoms with E-state index in [1.807, 2.05) is 31.2 Å². The molecule has 0 fully saturated rings. The number of carbonyl (C=O) groups excluding carboxylic acids is 2. The number of likely N-dealkylation sites (N-methyl/N-ethyl adjacent to an activating group) is 1. The van der Waals surface area contributed by atoms with Gasteiger partial charge in [0.1, 0.15) is 0 Å². The van der Waals surface area contributed by atoms with Gasteiger partial charge in [-0.15, -0.1) is 0 Å². The number of hydrogen-bond acceptors (Lipinski definition) is 3. The monoisotopic (exact) mass is 263 g/mol. The number of nitrogens with zero attached hydrogens (tertiary/aromatic N) is 1. The molecule has 0 spiro atoms. The average molecular weight is 263 g/mol. The van der Waals surface area contributed by atoms with Gasteiger partial charge in [0, 0.05) is 31.9 Å². The highest BCUT2D eigenvalue weighted by Crippen LogP contribution is 2.15. The van der Waals surface area contributed by atoms with E-state index in [0.29, 0.717) is 6.42 Å². The second-order valence-corrected chi connectivity index (χ2v) is 4.52. The summed E-state index contributed by atoms with van der Waals surface area (Å²) in [5.74, 6) is 0.00411. The molecule has 0 radical (unpaired) electrons. The maximum absolute atomic E-state index is 11.5. The van der Waals surface area contributed by atoms with Crippen LogP contribution < -0.4 is 10.6 Å². The van der Waals surface area contributed by atoms with Gasteiger partial charge < -0.3 is 15.5 Å². The largest absolute Gasteiger partial charge is 0.376 e. The van der Waals surface area contributed by atoms with Crippen molar-refractivity contribution in [3.8, 4) is 0 Å². The molecule has 0 saturated heterocycles. The summed E-state index contributed by atoms with van der Waals surface area (Å²) in [4.78, 5) is 24.5. The summed E-state index contributed by atoms with van der Waals surface area (Å²) < 4.78 is 0. The van der Waals surface area contributed by atoms with Crippen LogP contribution in [-0.4, -0.2) is 37.4 Å². The molecule has 0 heterocycles. The van der Waals surface area contributed by atoms with Gasteiger partial charge in [-0.05, 0) is 24.6 Å². The van der Waals surface area contributed by atoms with Crippen molar-refractivity contribution in [2.45, 2.75) is 19.8 Å². The van der Waals surface area contributed by atoms with E-state index >= 15 is 0 Å². The van der Waals surface area contributed by atoms with Crippen LogP contribution in [-0.2, 0) is 9.59 Å². The molecule has 2 N–H and O–H groups in total. The molecular weight excluding hydrogens is 242 g/mol. The van der Waals surface area contributed by atoms with Crippen molar-refractivity contribution in [2.24, 2.45) is 0 Å². The zero-order valence-corrected chi connectivity index (χ0v) is 11.7. The third-order valence-corrected chi connectivity index (χ3v) is 2.57. The summed E-state index contributed by atoms with van der Waals surface area (Å²) >= 11 is 0. The zero-order valence-electron chi connectivity index (χ0n) is 11.7. The molecule has 1 aromatic rings. The molecular formula is C14H21N3O2. The van der Waals surface area contributed by atoms with Crippen molar-refractivity contribution in [1.29, 1.82) is 0 Å². The maximum atomic E-state index is 11.5. The Balaban J connectivity index is 2.57. The zero-order chi connectivity index (χ0) is 14.3. The lowest BCUT2D eigenvalue weighted by atomic mass is 10.2. The van der Waals surface area contributed by atoms with Gasteiger partial charge in [0.15, 0.2) is 0 Å². The van der Waals surface area contributed by atoms with Crippen LogP contribution in [0.1, 0.15) is 19.8 Å². The van der Waals surface area contributed by atoms with E-state index in [0.717, 1.165) is 17.8 Å².